The standard InChI is InChI=1S/C17H23BrN2O/c1-16(2)10-7-8-17(16,3)13(9-10)20-15(21)11-5-4-6-12(19)14(11)18/h4-6,10,13H,7-9,19H2,1-3H3,(H,20,21). The van der Waals surface area contributed by atoms with Gasteiger partial charge in [-0.15, -0.1) is 0 Å². The molecule has 2 saturated carbocycles. The third kappa shape index (κ3) is 2.02. The predicted octanol–water partition coefficient (Wildman–Crippen LogP) is 3.98. The van der Waals surface area contributed by atoms with E-state index in [4.69, 9.17) is 5.73 Å². The summed E-state index contributed by atoms with van der Waals surface area (Å²) in [5.41, 5.74) is 7.59. The number of rotatable bonds is 2. The van der Waals surface area contributed by atoms with Gasteiger partial charge in [-0.1, -0.05) is 26.8 Å². The number of carbonyl (C=O) groups is 1. The van der Waals surface area contributed by atoms with Gasteiger partial charge in [0.2, 0.25) is 0 Å². The smallest absolute Gasteiger partial charge is 0.252 e. The van der Waals surface area contributed by atoms with Gasteiger partial charge in [-0.2, -0.15) is 0 Å². The summed E-state index contributed by atoms with van der Waals surface area (Å²) in [5, 5.41) is 3.27. The van der Waals surface area contributed by atoms with E-state index in [1.807, 2.05) is 12.1 Å². The SMILES string of the molecule is CC1(C)C2CCC1(C)C(NC(=O)c1cccc(N)c1Br)C2. The molecule has 4 heteroatoms. The lowest BCUT2D eigenvalue weighted by Crippen LogP contribution is -2.46. The Balaban J connectivity index is 1.82. The zero-order chi connectivity index (χ0) is 15.4. The zero-order valence-corrected chi connectivity index (χ0v) is 14.5. The molecule has 3 atom stereocenters. The minimum Gasteiger partial charge on any atom is -0.398 e. The Labute approximate surface area is 134 Å². The van der Waals surface area contributed by atoms with Crippen molar-refractivity contribution in [1.82, 2.24) is 5.32 Å². The van der Waals surface area contributed by atoms with Crippen LogP contribution in [0.4, 0.5) is 5.69 Å². The van der Waals surface area contributed by atoms with Crippen molar-refractivity contribution in [2.24, 2.45) is 16.7 Å². The van der Waals surface area contributed by atoms with Gasteiger partial charge in [-0.25, -0.2) is 0 Å². The van der Waals surface area contributed by atoms with E-state index in [1.54, 1.807) is 6.07 Å². The number of amides is 1. The molecule has 1 aromatic carbocycles. The van der Waals surface area contributed by atoms with Crippen LogP contribution >= 0.6 is 15.9 Å². The van der Waals surface area contributed by atoms with Crippen molar-refractivity contribution in [1.29, 1.82) is 0 Å². The summed E-state index contributed by atoms with van der Waals surface area (Å²) in [6.45, 7) is 7.04. The summed E-state index contributed by atoms with van der Waals surface area (Å²) in [4.78, 5) is 12.6. The van der Waals surface area contributed by atoms with Crippen molar-refractivity contribution < 1.29 is 4.79 Å². The fourth-order valence-electron chi connectivity index (χ4n) is 4.38. The van der Waals surface area contributed by atoms with Crippen LogP contribution in [-0.4, -0.2) is 11.9 Å². The minimum atomic E-state index is -0.0243. The van der Waals surface area contributed by atoms with Crippen LogP contribution in [0.25, 0.3) is 0 Å². The van der Waals surface area contributed by atoms with E-state index in [0.29, 0.717) is 21.1 Å². The Kier molecular flexibility index (Phi) is 3.36. The molecule has 21 heavy (non-hydrogen) atoms. The highest BCUT2D eigenvalue weighted by Gasteiger charge is 2.61. The third-order valence-corrected chi connectivity index (χ3v) is 7.26. The van der Waals surface area contributed by atoms with Crippen LogP contribution in [0.1, 0.15) is 50.4 Å². The molecule has 2 fully saturated rings. The van der Waals surface area contributed by atoms with Crippen molar-refractivity contribution in [2.45, 2.75) is 46.1 Å². The lowest BCUT2D eigenvalue weighted by Gasteiger charge is -2.39. The Morgan fingerprint density at radius 1 is 1.38 bits per heavy atom. The second-order valence-corrected chi connectivity index (χ2v) is 8.14. The molecule has 3 nitrogen and oxygen atoms in total. The maximum Gasteiger partial charge on any atom is 0.252 e. The van der Waals surface area contributed by atoms with E-state index in [1.165, 1.54) is 12.8 Å². The molecule has 3 rings (SSSR count). The first-order valence-electron chi connectivity index (χ1n) is 7.62. The number of anilines is 1. The maximum absolute atomic E-state index is 12.6. The van der Waals surface area contributed by atoms with Gasteiger partial charge in [0.1, 0.15) is 0 Å². The molecule has 0 spiro atoms. The van der Waals surface area contributed by atoms with Gasteiger partial charge in [0, 0.05) is 11.7 Å². The van der Waals surface area contributed by atoms with Gasteiger partial charge in [-0.3, -0.25) is 4.79 Å². The summed E-state index contributed by atoms with van der Waals surface area (Å²) in [5.74, 6) is 0.695. The molecular formula is C17H23BrN2O. The molecule has 0 radical (unpaired) electrons. The molecule has 0 aliphatic heterocycles. The van der Waals surface area contributed by atoms with E-state index in [9.17, 15) is 4.79 Å². The van der Waals surface area contributed by atoms with E-state index >= 15 is 0 Å². The van der Waals surface area contributed by atoms with Gasteiger partial charge >= 0.3 is 0 Å². The quantitative estimate of drug-likeness (QED) is 0.792. The zero-order valence-electron chi connectivity index (χ0n) is 12.9. The van der Waals surface area contributed by atoms with Crippen molar-refractivity contribution >= 4 is 27.5 Å². The molecule has 2 bridgehead atoms. The Bertz CT molecular complexity index is 598. The average molecular weight is 351 g/mol. The summed E-state index contributed by atoms with van der Waals surface area (Å²) >= 11 is 3.42. The molecule has 3 unspecified atom stereocenters. The molecule has 114 valence electrons. The lowest BCUT2D eigenvalue weighted by atomic mass is 9.69. The molecule has 0 aromatic heterocycles. The monoisotopic (exact) mass is 350 g/mol. The van der Waals surface area contributed by atoms with Gasteiger partial charge in [0.05, 0.1) is 10.0 Å². The fraction of sp³-hybridized carbons (Fsp3) is 0.588. The van der Waals surface area contributed by atoms with Gasteiger partial charge < -0.3 is 11.1 Å². The van der Waals surface area contributed by atoms with Crippen LogP contribution in [0.2, 0.25) is 0 Å². The summed E-state index contributed by atoms with van der Waals surface area (Å²) in [6.07, 6.45) is 3.58. The van der Waals surface area contributed by atoms with E-state index in [2.05, 4.69) is 42.0 Å². The number of nitrogens with two attached hydrogens (primary N) is 1. The number of halogens is 1. The number of carbonyl (C=O) groups excluding carboxylic acids is 1. The largest absolute Gasteiger partial charge is 0.398 e. The number of nitrogens with one attached hydrogen (secondary N) is 1. The average Bonchev–Trinajstić information content (AvgIpc) is 2.75. The molecular weight excluding hydrogens is 328 g/mol. The second kappa shape index (κ2) is 4.73. The Morgan fingerprint density at radius 2 is 2.10 bits per heavy atom. The van der Waals surface area contributed by atoms with E-state index in [0.717, 1.165) is 12.3 Å². The summed E-state index contributed by atoms with van der Waals surface area (Å²) in [6, 6.07) is 5.69. The first kappa shape index (κ1) is 14.9. The molecule has 2 aliphatic carbocycles. The molecule has 2 aliphatic rings. The van der Waals surface area contributed by atoms with Gasteiger partial charge in [0.25, 0.3) is 5.91 Å². The molecule has 3 N–H and O–H groups in total. The Hall–Kier alpha value is -1.03. The van der Waals surface area contributed by atoms with E-state index < -0.39 is 0 Å². The van der Waals surface area contributed by atoms with Crippen LogP contribution in [0.3, 0.4) is 0 Å². The minimum absolute atomic E-state index is 0.0243. The van der Waals surface area contributed by atoms with Crippen molar-refractivity contribution in [3.63, 3.8) is 0 Å². The predicted molar refractivity (Wildman–Crippen MR) is 89.0 cm³/mol. The third-order valence-electron chi connectivity index (χ3n) is 6.37. The first-order valence-corrected chi connectivity index (χ1v) is 8.41. The molecule has 1 amide bonds. The summed E-state index contributed by atoms with van der Waals surface area (Å²) in [7, 11) is 0. The highest BCUT2D eigenvalue weighted by molar-refractivity contribution is 9.10. The number of fused-ring (bicyclic) bond motifs is 2. The molecule has 0 saturated heterocycles. The topological polar surface area (TPSA) is 55.1 Å². The highest BCUT2D eigenvalue weighted by Crippen LogP contribution is 2.65. The van der Waals surface area contributed by atoms with Crippen LogP contribution in [0.15, 0.2) is 22.7 Å². The Morgan fingerprint density at radius 3 is 2.67 bits per heavy atom. The number of hydrogen-bond acceptors (Lipinski definition) is 2. The summed E-state index contributed by atoms with van der Waals surface area (Å²) < 4.78 is 0.690. The normalized spacial score (nSPS) is 33.1. The number of benzene rings is 1. The van der Waals surface area contributed by atoms with Crippen LogP contribution in [0.5, 0.6) is 0 Å². The van der Waals surface area contributed by atoms with Crippen molar-refractivity contribution in [3.8, 4) is 0 Å². The van der Waals surface area contributed by atoms with Crippen LogP contribution in [0, 0.1) is 16.7 Å². The van der Waals surface area contributed by atoms with Crippen molar-refractivity contribution in [3.05, 3.63) is 28.2 Å². The van der Waals surface area contributed by atoms with E-state index in [-0.39, 0.29) is 17.4 Å². The van der Waals surface area contributed by atoms with Gasteiger partial charge in [0.15, 0.2) is 0 Å². The number of hydrogen-bond donors (Lipinski definition) is 2. The van der Waals surface area contributed by atoms with Crippen LogP contribution < -0.4 is 11.1 Å². The number of nitrogen functional groups attached to an aromatic ring is 1. The molecule has 0 heterocycles. The van der Waals surface area contributed by atoms with Crippen LogP contribution in [-0.2, 0) is 0 Å². The first-order chi connectivity index (χ1) is 9.77. The molecule has 1 aromatic rings. The van der Waals surface area contributed by atoms with Gasteiger partial charge in [-0.05, 0) is 64.1 Å². The van der Waals surface area contributed by atoms with Crippen molar-refractivity contribution in [2.75, 3.05) is 5.73 Å². The highest BCUT2D eigenvalue weighted by atomic mass is 79.9. The lowest BCUT2D eigenvalue weighted by molar-refractivity contribution is 0.0825. The second-order valence-electron chi connectivity index (χ2n) is 7.35. The maximum atomic E-state index is 12.6. The fourth-order valence-corrected chi connectivity index (χ4v) is 4.83.